The first kappa shape index (κ1) is 23.9. The number of hydrogen-bond acceptors (Lipinski definition) is 6. The number of benzene rings is 3. The largest absolute Gasteiger partial charge is 0.493 e. The van der Waals surface area contributed by atoms with Crippen LogP contribution in [0.2, 0.25) is 0 Å². The van der Waals surface area contributed by atoms with E-state index >= 15 is 0 Å². The molecule has 0 spiro atoms. The summed E-state index contributed by atoms with van der Waals surface area (Å²) in [5.74, 6) is 1.18. The second kappa shape index (κ2) is 10.1. The maximum atomic E-state index is 13.2. The minimum atomic E-state index is -0.123. The predicted octanol–water partition coefficient (Wildman–Crippen LogP) is 6.72. The van der Waals surface area contributed by atoms with E-state index < -0.39 is 0 Å². The molecule has 0 N–H and O–H groups in total. The van der Waals surface area contributed by atoms with E-state index in [1.54, 1.807) is 24.7 Å². The molecular formula is C29H24BrN3O3S. The zero-order chi connectivity index (χ0) is 25.4. The molecule has 37 heavy (non-hydrogen) atoms. The Labute approximate surface area is 226 Å². The monoisotopic (exact) mass is 573 g/mol. The number of rotatable bonds is 6. The van der Waals surface area contributed by atoms with Gasteiger partial charge in [0.1, 0.15) is 17.8 Å². The lowest BCUT2D eigenvalue weighted by Gasteiger charge is -2.14. The minimum absolute atomic E-state index is 0.123. The smallest absolute Gasteiger partial charge is 0.282 e. The number of ether oxygens (including phenoxy) is 2. The quantitative estimate of drug-likeness (QED) is 0.211. The molecule has 5 aromatic rings. The van der Waals surface area contributed by atoms with Crippen LogP contribution < -0.4 is 15.0 Å². The molecule has 6 nitrogen and oxygen atoms in total. The average molecular weight is 575 g/mol. The van der Waals surface area contributed by atoms with E-state index in [2.05, 4.69) is 50.3 Å². The van der Waals surface area contributed by atoms with Crippen molar-refractivity contribution in [1.29, 1.82) is 0 Å². The van der Waals surface area contributed by atoms with Crippen LogP contribution in [-0.2, 0) is 19.4 Å². The third-order valence-corrected chi connectivity index (χ3v) is 8.48. The Morgan fingerprint density at radius 3 is 2.86 bits per heavy atom. The fourth-order valence-corrected chi connectivity index (χ4v) is 6.66. The van der Waals surface area contributed by atoms with Gasteiger partial charge in [0, 0.05) is 4.88 Å². The standard InChI is InChI=1S/C29H24BrN3O3S/c1-35-24-14-18(13-23(30)27(24)36-16-20-9-6-8-19-7-2-3-10-21(19)20)15-32-33-17-31-28-26(29(33)34)22-11-4-5-12-25(22)37-28/h2-3,6-10,13-15,17H,4-5,11-12,16H2,1H3. The molecule has 0 saturated heterocycles. The van der Waals surface area contributed by atoms with Gasteiger partial charge in [-0.3, -0.25) is 4.79 Å². The van der Waals surface area contributed by atoms with Crippen LogP contribution >= 0.6 is 27.3 Å². The Morgan fingerprint density at radius 1 is 1.14 bits per heavy atom. The van der Waals surface area contributed by atoms with Gasteiger partial charge in [-0.25, -0.2) is 4.98 Å². The van der Waals surface area contributed by atoms with Crippen LogP contribution in [0.4, 0.5) is 0 Å². The summed E-state index contributed by atoms with van der Waals surface area (Å²) in [5.41, 5.74) is 2.89. The molecule has 0 amide bonds. The van der Waals surface area contributed by atoms with E-state index in [1.807, 2.05) is 30.3 Å². The van der Waals surface area contributed by atoms with Crippen molar-refractivity contribution in [2.75, 3.05) is 7.11 Å². The number of halogens is 1. The number of aromatic nitrogens is 2. The molecule has 0 unspecified atom stereocenters. The van der Waals surface area contributed by atoms with Crippen molar-refractivity contribution in [3.05, 3.63) is 97.3 Å². The molecular weight excluding hydrogens is 550 g/mol. The van der Waals surface area contributed by atoms with Crippen molar-refractivity contribution in [1.82, 2.24) is 9.66 Å². The van der Waals surface area contributed by atoms with Crippen LogP contribution in [0.1, 0.15) is 34.4 Å². The number of aryl methyl sites for hydroxylation is 2. The Kier molecular flexibility index (Phi) is 6.52. The van der Waals surface area contributed by atoms with Crippen molar-refractivity contribution < 1.29 is 9.47 Å². The highest BCUT2D eigenvalue weighted by molar-refractivity contribution is 9.10. The van der Waals surface area contributed by atoms with Gasteiger partial charge in [0.25, 0.3) is 5.56 Å². The zero-order valence-electron chi connectivity index (χ0n) is 20.2. The first-order chi connectivity index (χ1) is 18.1. The summed E-state index contributed by atoms with van der Waals surface area (Å²) in [7, 11) is 1.61. The highest BCUT2D eigenvalue weighted by atomic mass is 79.9. The number of thiophene rings is 1. The first-order valence-electron chi connectivity index (χ1n) is 12.2. The molecule has 3 aromatic carbocycles. The fraction of sp³-hybridized carbons (Fsp3) is 0.207. The predicted molar refractivity (Wildman–Crippen MR) is 152 cm³/mol. The number of fused-ring (bicyclic) bond motifs is 4. The molecule has 1 aliphatic rings. The molecule has 2 heterocycles. The molecule has 8 heteroatoms. The third-order valence-electron chi connectivity index (χ3n) is 6.69. The van der Waals surface area contributed by atoms with Gasteiger partial charge in [-0.1, -0.05) is 42.5 Å². The summed E-state index contributed by atoms with van der Waals surface area (Å²) >= 11 is 5.26. The molecule has 0 saturated carbocycles. The van der Waals surface area contributed by atoms with E-state index in [0.717, 1.165) is 56.0 Å². The van der Waals surface area contributed by atoms with E-state index in [4.69, 9.17) is 9.47 Å². The average Bonchev–Trinajstić information content (AvgIpc) is 3.31. The summed E-state index contributed by atoms with van der Waals surface area (Å²) in [5, 5.41) is 7.48. The van der Waals surface area contributed by atoms with Gasteiger partial charge in [0.2, 0.25) is 0 Å². The Hall–Kier alpha value is -3.49. The van der Waals surface area contributed by atoms with Crippen molar-refractivity contribution in [3.63, 3.8) is 0 Å². The molecule has 186 valence electrons. The number of nitrogens with zero attached hydrogens (tertiary/aromatic N) is 3. The van der Waals surface area contributed by atoms with Crippen molar-refractivity contribution in [3.8, 4) is 11.5 Å². The maximum absolute atomic E-state index is 13.2. The summed E-state index contributed by atoms with van der Waals surface area (Å²) in [6, 6.07) is 18.2. The highest BCUT2D eigenvalue weighted by Crippen LogP contribution is 2.37. The normalized spacial score (nSPS) is 13.4. The summed E-state index contributed by atoms with van der Waals surface area (Å²) in [4.78, 5) is 19.8. The fourth-order valence-electron chi connectivity index (χ4n) is 4.87. The zero-order valence-corrected chi connectivity index (χ0v) is 22.6. The van der Waals surface area contributed by atoms with Crippen LogP contribution in [0.25, 0.3) is 21.0 Å². The SMILES string of the molecule is COc1cc(C=Nn2cnc3sc4c(c3c2=O)CCCC4)cc(Br)c1OCc1cccc2ccccc12. The van der Waals surface area contributed by atoms with E-state index in [1.165, 1.54) is 27.7 Å². The summed E-state index contributed by atoms with van der Waals surface area (Å²) < 4.78 is 13.9. The lowest BCUT2D eigenvalue weighted by molar-refractivity contribution is 0.283. The van der Waals surface area contributed by atoms with Crippen molar-refractivity contribution in [2.45, 2.75) is 32.3 Å². The molecule has 1 aliphatic carbocycles. The molecule has 0 atom stereocenters. The van der Waals surface area contributed by atoms with Crippen LogP contribution in [-0.4, -0.2) is 23.0 Å². The lowest BCUT2D eigenvalue weighted by atomic mass is 9.97. The van der Waals surface area contributed by atoms with Crippen LogP contribution in [0.3, 0.4) is 0 Å². The molecule has 2 aromatic heterocycles. The van der Waals surface area contributed by atoms with E-state index in [-0.39, 0.29) is 5.56 Å². The second-order valence-electron chi connectivity index (χ2n) is 8.99. The van der Waals surface area contributed by atoms with Crippen molar-refractivity contribution >= 4 is 54.5 Å². The maximum Gasteiger partial charge on any atom is 0.282 e. The van der Waals surface area contributed by atoms with Gasteiger partial charge < -0.3 is 9.47 Å². The number of hydrogen-bond donors (Lipinski definition) is 0. The molecule has 6 rings (SSSR count). The van der Waals surface area contributed by atoms with E-state index in [0.29, 0.717) is 18.1 Å². The Morgan fingerprint density at radius 2 is 1.97 bits per heavy atom. The van der Waals surface area contributed by atoms with Gasteiger partial charge in [-0.05, 0) is 81.2 Å². The Bertz CT molecular complexity index is 1720. The van der Waals surface area contributed by atoms with Crippen LogP contribution in [0.5, 0.6) is 11.5 Å². The lowest BCUT2D eigenvalue weighted by Crippen LogP contribution is -2.18. The molecule has 0 fully saturated rings. The van der Waals surface area contributed by atoms with Crippen LogP contribution in [0.15, 0.2) is 75.3 Å². The van der Waals surface area contributed by atoms with Gasteiger partial charge in [0.05, 0.1) is 23.2 Å². The van der Waals surface area contributed by atoms with Crippen LogP contribution in [0, 0.1) is 0 Å². The van der Waals surface area contributed by atoms with E-state index in [9.17, 15) is 4.79 Å². The third kappa shape index (κ3) is 4.55. The molecule has 0 radical (unpaired) electrons. The summed E-state index contributed by atoms with van der Waals surface area (Å²) in [6.45, 7) is 0.399. The second-order valence-corrected chi connectivity index (χ2v) is 10.9. The van der Waals surface area contributed by atoms with Gasteiger partial charge in [-0.2, -0.15) is 9.78 Å². The summed E-state index contributed by atoms with van der Waals surface area (Å²) in [6.07, 6.45) is 7.38. The van der Waals surface area contributed by atoms with Crippen molar-refractivity contribution in [2.24, 2.45) is 5.10 Å². The highest BCUT2D eigenvalue weighted by Gasteiger charge is 2.20. The number of methoxy groups -OCH3 is 1. The first-order valence-corrected chi connectivity index (χ1v) is 13.8. The topological polar surface area (TPSA) is 65.7 Å². The molecule has 0 bridgehead atoms. The minimum Gasteiger partial charge on any atom is -0.493 e. The Balaban J connectivity index is 1.28. The van der Waals surface area contributed by atoms with Gasteiger partial charge >= 0.3 is 0 Å². The van der Waals surface area contributed by atoms with Gasteiger partial charge in [-0.15, -0.1) is 11.3 Å². The van der Waals surface area contributed by atoms with Gasteiger partial charge in [0.15, 0.2) is 11.5 Å². The molecule has 0 aliphatic heterocycles.